The maximum atomic E-state index is 5.32. The Morgan fingerprint density at radius 2 is 2.24 bits per heavy atom. The van der Waals surface area contributed by atoms with E-state index in [4.69, 9.17) is 12.2 Å². The Kier molecular flexibility index (Phi) is 2.52. The topological polar surface area (TPSA) is 41.6 Å². The molecule has 3 rings (SSSR count). The summed E-state index contributed by atoms with van der Waals surface area (Å²) in [4.78, 5) is 12.0. The molecule has 0 radical (unpaired) electrons. The molecule has 1 fully saturated rings. The number of hydrogen-bond acceptors (Lipinski definition) is 3. The van der Waals surface area contributed by atoms with Crippen molar-refractivity contribution >= 4 is 12.2 Å². The van der Waals surface area contributed by atoms with Crippen LogP contribution >= 0.6 is 12.2 Å². The second-order valence-corrected chi connectivity index (χ2v) is 4.83. The Morgan fingerprint density at radius 3 is 2.88 bits per heavy atom. The van der Waals surface area contributed by atoms with E-state index in [1.807, 2.05) is 25.3 Å². The van der Waals surface area contributed by atoms with E-state index in [1.54, 1.807) is 6.20 Å². The molecule has 0 aliphatic heterocycles. The van der Waals surface area contributed by atoms with Crippen molar-refractivity contribution in [2.75, 3.05) is 0 Å². The van der Waals surface area contributed by atoms with Crippen molar-refractivity contribution in [2.45, 2.75) is 25.7 Å². The van der Waals surface area contributed by atoms with E-state index in [9.17, 15) is 0 Å². The van der Waals surface area contributed by atoms with Gasteiger partial charge in [-0.2, -0.15) is 0 Å². The molecule has 86 valence electrons. The maximum absolute atomic E-state index is 5.32. The number of nitrogens with one attached hydrogen (secondary N) is 1. The van der Waals surface area contributed by atoms with E-state index in [2.05, 4.69) is 15.0 Å². The number of pyridine rings is 1. The van der Waals surface area contributed by atoms with Gasteiger partial charge in [0, 0.05) is 29.4 Å². The van der Waals surface area contributed by atoms with Crippen LogP contribution in [0.3, 0.4) is 0 Å². The van der Waals surface area contributed by atoms with Crippen molar-refractivity contribution < 1.29 is 0 Å². The first-order chi connectivity index (χ1) is 8.25. The lowest BCUT2D eigenvalue weighted by atomic mass is 10.1. The lowest BCUT2D eigenvalue weighted by Gasteiger charge is -2.08. The average Bonchev–Trinajstić information content (AvgIpc) is 3.18. The molecule has 1 aliphatic rings. The Hall–Kier alpha value is -1.55. The largest absolute Gasteiger partial charge is 0.343 e. The van der Waals surface area contributed by atoms with Gasteiger partial charge in [-0.3, -0.25) is 4.98 Å². The van der Waals surface area contributed by atoms with Crippen molar-refractivity contribution in [1.82, 2.24) is 15.0 Å². The molecule has 0 saturated heterocycles. The van der Waals surface area contributed by atoms with Crippen LogP contribution < -0.4 is 0 Å². The zero-order valence-corrected chi connectivity index (χ0v) is 10.4. The maximum Gasteiger partial charge on any atom is 0.133 e. The molecule has 2 heterocycles. The van der Waals surface area contributed by atoms with Crippen LogP contribution in [0.5, 0.6) is 0 Å². The number of hydrogen-bond donors (Lipinski definition) is 1. The van der Waals surface area contributed by atoms with E-state index in [-0.39, 0.29) is 0 Å². The van der Waals surface area contributed by atoms with Crippen LogP contribution in [0.25, 0.3) is 11.3 Å². The van der Waals surface area contributed by atoms with Crippen LogP contribution in [0.2, 0.25) is 0 Å². The summed E-state index contributed by atoms with van der Waals surface area (Å²) in [6.45, 7) is 2.00. The highest BCUT2D eigenvalue weighted by Gasteiger charge is 2.26. The van der Waals surface area contributed by atoms with E-state index in [0.29, 0.717) is 10.6 Å². The number of aromatic amines is 1. The first-order valence-electron chi connectivity index (χ1n) is 5.77. The van der Waals surface area contributed by atoms with Crippen LogP contribution in [0, 0.1) is 11.6 Å². The molecule has 0 spiro atoms. The Balaban J connectivity index is 2.18. The van der Waals surface area contributed by atoms with Gasteiger partial charge in [0.25, 0.3) is 0 Å². The molecule has 0 aromatic carbocycles. The van der Waals surface area contributed by atoms with E-state index in [1.165, 1.54) is 12.8 Å². The Labute approximate surface area is 105 Å². The lowest BCUT2D eigenvalue weighted by molar-refractivity contribution is 0.914. The van der Waals surface area contributed by atoms with Crippen LogP contribution in [0.4, 0.5) is 0 Å². The molecule has 0 atom stereocenters. The fourth-order valence-electron chi connectivity index (χ4n) is 1.90. The molecular formula is C13H13N3S. The smallest absolute Gasteiger partial charge is 0.133 e. The van der Waals surface area contributed by atoms with Gasteiger partial charge in [-0.1, -0.05) is 12.2 Å². The van der Waals surface area contributed by atoms with Gasteiger partial charge in [0.15, 0.2) is 0 Å². The van der Waals surface area contributed by atoms with E-state index < -0.39 is 0 Å². The molecule has 2 aromatic heterocycles. The normalized spacial score (nSPS) is 14.9. The molecule has 4 heteroatoms. The van der Waals surface area contributed by atoms with Crippen LogP contribution in [0.15, 0.2) is 24.5 Å². The number of rotatable bonds is 2. The summed E-state index contributed by atoms with van der Waals surface area (Å²) >= 11 is 5.32. The second kappa shape index (κ2) is 4.04. The van der Waals surface area contributed by atoms with E-state index in [0.717, 1.165) is 22.6 Å². The number of nitrogens with zero attached hydrogens (tertiary/aromatic N) is 2. The predicted molar refractivity (Wildman–Crippen MR) is 69.4 cm³/mol. The zero-order valence-electron chi connectivity index (χ0n) is 9.60. The molecule has 0 amide bonds. The van der Waals surface area contributed by atoms with Gasteiger partial charge in [0.05, 0.1) is 5.69 Å². The van der Waals surface area contributed by atoms with Gasteiger partial charge in [0.1, 0.15) is 10.5 Å². The first-order valence-corrected chi connectivity index (χ1v) is 6.18. The van der Waals surface area contributed by atoms with Crippen molar-refractivity contribution in [2.24, 2.45) is 0 Å². The molecule has 3 nitrogen and oxygen atoms in total. The third-order valence-corrected chi connectivity index (χ3v) is 3.48. The lowest BCUT2D eigenvalue weighted by Crippen LogP contribution is -1.99. The number of aromatic nitrogens is 3. The minimum Gasteiger partial charge on any atom is -0.343 e. The zero-order chi connectivity index (χ0) is 11.8. The Morgan fingerprint density at radius 1 is 1.41 bits per heavy atom. The standard InChI is InChI=1S/C13H13N3S/c1-8-11(10-3-2-6-14-7-10)15-12(9-4-5-9)16-13(8)17/h2-3,6-7,9H,4-5H2,1H3,(H,15,16,17). The Bertz CT molecular complexity index is 600. The van der Waals surface area contributed by atoms with Gasteiger partial charge < -0.3 is 4.98 Å². The van der Waals surface area contributed by atoms with Gasteiger partial charge in [-0.25, -0.2) is 4.98 Å². The minimum atomic E-state index is 0.577. The van der Waals surface area contributed by atoms with E-state index >= 15 is 0 Å². The van der Waals surface area contributed by atoms with Gasteiger partial charge in [-0.15, -0.1) is 0 Å². The summed E-state index contributed by atoms with van der Waals surface area (Å²) in [6, 6.07) is 3.97. The molecule has 17 heavy (non-hydrogen) atoms. The summed E-state index contributed by atoms with van der Waals surface area (Å²) in [7, 11) is 0. The molecule has 1 aliphatic carbocycles. The third-order valence-electron chi connectivity index (χ3n) is 3.09. The summed E-state index contributed by atoms with van der Waals surface area (Å²) in [6.07, 6.45) is 6.06. The molecule has 2 aromatic rings. The summed E-state index contributed by atoms with van der Waals surface area (Å²) < 4.78 is 0.699. The molecule has 1 N–H and O–H groups in total. The van der Waals surface area contributed by atoms with Gasteiger partial charge in [-0.05, 0) is 31.9 Å². The molecule has 0 bridgehead atoms. The van der Waals surface area contributed by atoms with Crippen molar-refractivity contribution in [1.29, 1.82) is 0 Å². The fraction of sp³-hybridized carbons (Fsp3) is 0.308. The van der Waals surface area contributed by atoms with Gasteiger partial charge in [0.2, 0.25) is 0 Å². The summed E-state index contributed by atoms with van der Waals surface area (Å²) in [5.74, 6) is 1.60. The second-order valence-electron chi connectivity index (χ2n) is 4.44. The minimum absolute atomic E-state index is 0.577. The van der Waals surface area contributed by atoms with Crippen molar-refractivity contribution in [3.05, 3.63) is 40.6 Å². The highest BCUT2D eigenvalue weighted by atomic mass is 32.1. The van der Waals surface area contributed by atoms with Crippen LogP contribution in [0.1, 0.15) is 30.1 Å². The SMILES string of the molecule is Cc1c(-c2cccnc2)[nH]c(C2CC2)nc1=S. The predicted octanol–water partition coefficient (Wildman–Crippen LogP) is 3.39. The summed E-state index contributed by atoms with van der Waals surface area (Å²) in [5, 5.41) is 0. The highest BCUT2D eigenvalue weighted by Crippen LogP contribution is 2.38. The third kappa shape index (κ3) is 2.00. The van der Waals surface area contributed by atoms with Crippen LogP contribution in [-0.4, -0.2) is 15.0 Å². The quantitative estimate of drug-likeness (QED) is 0.822. The fourth-order valence-corrected chi connectivity index (χ4v) is 2.10. The monoisotopic (exact) mass is 243 g/mol. The van der Waals surface area contributed by atoms with Crippen molar-refractivity contribution in [3.8, 4) is 11.3 Å². The van der Waals surface area contributed by atoms with Crippen LogP contribution in [-0.2, 0) is 0 Å². The molecule has 1 saturated carbocycles. The van der Waals surface area contributed by atoms with Crippen molar-refractivity contribution in [3.63, 3.8) is 0 Å². The molecule has 0 unspecified atom stereocenters. The summed E-state index contributed by atoms with van der Waals surface area (Å²) in [5.41, 5.74) is 3.15. The highest BCUT2D eigenvalue weighted by molar-refractivity contribution is 7.71. The number of H-pyrrole nitrogens is 1. The average molecular weight is 243 g/mol. The first kappa shape index (κ1) is 10.6. The van der Waals surface area contributed by atoms with Gasteiger partial charge >= 0.3 is 0 Å². The molecular weight excluding hydrogens is 230 g/mol.